The molecule has 0 aliphatic carbocycles. The smallest absolute Gasteiger partial charge is 0.261 e. The maximum atomic E-state index is 12.9. The Morgan fingerprint density at radius 1 is 1.15 bits per heavy atom. The van der Waals surface area contributed by atoms with Gasteiger partial charge in [0.2, 0.25) is 0 Å². The van der Waals surface area contributed by atoms with Crippen LogP contribution in [0.25, 0.3) is 0 Å². The summed E-state index contributed by atoms with van der Waals surface area (Å²) in [5.41, 5.74) is 1.26. The third kappa shape index (κ3) is 3.15. The Morgan fingerprint density at radius 2 is 1.81 bits per heavy atom. The molecule has 0 saturated carbocycles. The lowest BCUT2D eigenvalue weighted by Crippen LogP contribution is -2.65. The lowest BCUT2D eigenvalue weighted by atomic mass is 9.91. The number of benzene rings is 1. The predicted octanol–water partition coefficient (Wildman–Crippen LogP) is 4.39. The van der Waals surface area contributed by atoms with Gasteiger partial charge in [-0.2, -0.15) is 0 Å². The number of β-lactam (4-membered cyclic amide) rings is 1. The van der Waals surface area contributed by atoms with Crippen molar-refractivity contribution in [3.63, 3.8) is 0 Å². The molecule has 1 aromatic carbocycles. The van der Waals surface area contributed by atoms with Crippen LogP contribution < -0.4 is 0 Å². The Bertz CT molecular complexity index is 793. The first-order valence-corrected chi connectivity index (χ1v) is 11.7. The Balaban J connectivity index is 1.91. The van der Waals surface area contributed by atoms with Crippen LogP contribution in [0.3, 0.4) is 0 Å². The molecule has 2 amide bonds. The van der Waals surface area contributed by atoms with Gasteiger partial charge in [-0.1, -0.05) is 39.0 Å². The van der Waals surface area contributed by atoms with Crippen molar-refractivity contribution in [2.45, 2.75) is 51.0 Å². The standard InChI is InChI=1S/C20H25NO4Si/c1-20(2,3)26(4,5)25-17-16(15-11-12-24-13-15)21(19(17)23)18(22)14-9-7-6-8-10-14/h6-13,16-17H,1-5H3/t16-,17+/m0/s1. The minimum Gasteiger partial charge on any atom is -0.472 e. The van der Waals surface area contributed by atoms with Gasteiger partial charge in [0.1, 0.15) is 6.04 Å². The molecule has 0 N–H and O–H groups in total. The van der Waals surface area contributed by atoms with Gasteiger partial charge in [-0.15, -0.1) is 0 Å². The molecule has 3 rings (SSSR count). The van der Waals surface area contributed by atoms with Crippen molar-refractivity contribution >= 4 is 20.1 Å². The molecule has 0 radical (unpaired) electrons. The van der Waals surface area contributed by atoms with Crippen molar-refractivity contribution < 1.29 is 18.4 Å². The van der Waals surface area contributed by atoms with Crippen molar-refractivity contribution in [3.8, 4) is 0 Å². The summed E-state index contributed by atoms with van der Waals surface area (Å²) in [4.78, 5) is 27.0. The van der Waals surface area contributed by atoms with E-state index in [1.165, 1.54) is 4.90 Å². The van der Waals surface area contributed by atoms with E-state index in [0.29, 0.717) is 5.56 Å². The molecule has 5 nitrogen and oxygen atoms in total. The highest BCUT2D eigenvalue weighted by Gasteiger charge is 2.56. The van der Waals surface area contributed by atoms with Crippen molar-refractivity contribution in [1.82, 2.24) is 4.90 Å². The Kier molecular flexibility index (Phi) is 4.66. The van der Waals surface area contributed by atoms with Crippen molar-refractivity contribution in [1.29, 1.82) is 0 Å². The molecular weight excluding hydrogens is 346 g/mol. The zero-order valence-electron chi connectivity index (χ0n) is 15.9. The third-order valence-electron chi connectivity index (χ3n) is 5.40. The molecule has 0 bridgehead atoms. The summed E-state index contributed by atoms with van der Waals surface area (Å²) in [7, 11) is -2.17. The molecule has 1 aliphatic rings. The fourth-order valence-electron chi connectivity index (χ4n) is 2.78. The topological polar surface area (TPSA) is 59.8 Å². The lowest BCUT2D eigenvalue weighted by molar-refractivity contribution is -0.158. The van der Waals surface area contributed by atoms with Crippen molar-refractivity contribution in [2.24, 2.45) is 0 Å². The Morgan fingerprint density at radius 3 is 2.35 bits per heavy atom. The number of hydrogen-bond donors (Lipinski definition) is 0. The number of carbonyl (C=O) groups excluding carboxylic acids is 2. The van der Waals surface area contributed by atoms with Gasteiger partial charge in [0.05, 0.1) is 12.5 Å². The van der Waals surface area contributed by atoms with Crippen molar-refractivity contribution in [2.75, 3.05) is 0 Å². The van der Waals surface area contributed by atoms with Crippen LogP contribution in [-0.4, -0.2) is 31.1 Å². The fourth-order valence-corrected chi connectivity index (χ4v) is 4.00. The van der Waals surface area contributed by atoms with Crippen LogP contribution in [0, 0.1) is 0 Å². The van der Waals surface area contributed by atoms with Gasteiger partial charge in [-0.25, -0.2) is 0 Å². The first-order valence-electron chi connectivity index (χ1n) is 8.76. The van der Waals surface area contributed by atoms with Crippen LogP contribution in [0.1, 0.15) is 42.7 Å². The average molecular weight is 372 g/mol. The molecule has 1 aliphatic heterocycles. The van der Waals surface area contributed by atoms with Crippen LogP contribution in [0.2, 0.25) is 18.1 Å². The van der Waals surface area contributed by atoms with Gasteiger partial charge in [-0.3, -0.25) is 14.5 Å². The number of hydrogen-bond acceptors (Lipinski definition) is 4. The van der Waals surface area contributed by atoms with Gasteiger partial charge in [0.25, 0.3) is 11.8 Å². The maximum Gasteiger partial charge on any atom is 0.261 e. The van der Waals surface area contributed by atoms with E-state index in [1.54, 1.807) is 42.9 Å². The van der Waals surface area contributed by atoms with Gasteiger partial charge < -0.3 is 8.84 Å². The van der Waals surface area contributed by atoms with Gasteiger partial charge in [0, 0.05) is 11.1 Å². The zero-order chi connectivity index (χ0) is 19.1. The Labute approximate surface area is 155 Å². The molecule has 2 aromatic rings. The number of nitrogens with zero attached hydrogens (tertiary/aromatic N) is 1. The summed E-state index contributed by atoms with van der Waals surface area (Å²) < 4.78 is 11.5. The van der Waals surface area contributed by atoms with Crippen LogP contribution >= 0.6 is 0 Å². The maximum absolute atomic E-state index is 12.9. The number of furan rings is 1. The fraction of sp³-hybridized carbons (Fsp3) is 0.400. The number of rotatable bonds is 4. The molecule has 6 heteroatoms. The Hall–Kier alpha value is -2.18. The predicted molar refractivity (Wildman–Crippen MR) is 101 cm³/mol. The highest BCUT2D eigenvalue weighted by Crippen LogP contribution is 2.44. The monoisotopic (exact) mass is 371 g/mol. The second-order valence-electron chi connectivity index (χ2n) is 8.18. The van der Waals surface area contributed by atoms with Crippen molar-refractivity contribution in [3.05, 3.63) is 60.1 Å². The molecule has 1 aromatic heterocycles. The molecule has 26 heavy (non-hydrogen) atoms. The van der Waals surface area contributed by atoms with E-state index in [9.17, 15) is 9.59 Å². The SMILES string of the molecule is CC(C)(C)[Si](C)(C)O[C@H]1C(=O)N(C(=O)c2ccccc2)[C@H]1c1ccoc1. The summed E-state index contributed by atoms with van der Waals surface area (Å²) >= 11 is 0. The molecule has 2 heterocycles. The molecule has 0 unspecified atom stereocenters. The van der Waals surface area contributed by atoms with Gasteiger partial charge in [0.15, 0.2) is 14.4 Å². The minimum atomic E-state index is -2.17. The summed E-state index contributed by atoms with van der Waals surface area (Å²) in [6.07, 6.45) is 2.47. The highest BCUT2D eigenvalue weighted by molar-refractivity contribution is 6.74. The zero-order valence-corrected chi connectivity index (χ0v) is 16.9. The van der Waals surface area contributed by atoms with Crippen LogP contribution in [0.4, 0.5) is 0 Å². The lowest BCUT2D eigenvalue weighted by Gasteiger charge is -2.49. The molecule has 2 atom stereocenters. The van der Waals surface area contributed by atoms with Gasteiger partial charge >= 0.3 is 0 Å². The van der Waals surface area contributed by atoms with Crippen LogP contribution in [0.5, 0.6) is 0 Å². The number of amides is 2. The largest absolute Gasteiger partial charge is 0.472 e. The highest BCUT2D eigenvalue weighted by atomic mass is 28.4. The first-order chi connectivity index (χ1) is 12.1. The van der Waals surface area contributed by atoms with E-state index in [2.05, 4.69) is 33.9 Å². The quantitative estimate of drug-likeness (QED) is 0.454. The summed E-state index contributed by atoms with van der Waals surface area (Å²) in [5, 5.41) is -0.0297. The number of likely N-dealkylation sites (tertiary alicyclic amines) is 1. The van der Waals surface area contributed by atoms with Crippen LogP contribution in [-0.2, 0) is 9.22 Å². The number of imide groups is 1. The second-order valence-corrected chi connectivity index (χ2v) is 12.9. The molecule has 1 fully saturated rings. The minimum absolute atomic E-state index is 0.0297. The summed E-state index contributed by atoms with van der Waals surface area (Å²) in [6, 6.07) is 10.2. The molecular formula is C20H25NO4Si. The van der Waals surface area contributed by atoms with E-state index < -0.39 is 20.5 Å². The molecule has 138 valence electrons. The molecule has 1 saturated heterocycles. The van der Waals surface area contributed by atoms with E-state index >= 15 is 0 Å². The van der Waals surface area contributed by atoms with E-state index in [4.69, 9.17) is 8.84 Å². The second kappa shape index (κ2) is 6.52. The normalized spacial score (nSPS) is 20.8. The third-order valence-corrected chi connectivity index (χ3v) is 9.85. The molecule has 0 spiro atoms. The van der Waals surface area contributed by atoms with E-state index in [0.717, 1.165) is 5.56 Å². The number of carbonyl (C=O) groups is 2. The average Bonchev–Trinajstić information content (AvgIpc) is 3.10. The van der Waals surface area contributed by atoms with Gasteiger partial charge in [-0.05, 0) is 36.3 Å². The van der Waals surface area contributed by atoms with Crippen LogP contribution in [0.15, 0.2) is 53.3 Å². The summed E-state index contributed by atoms with van der Waals surface area (Å²) in [5.74, 6) is -0.591. The van der Waals surface area contributed by atoms with E-state index in [-0.39, 0.29) is 16.9 Å². The first kappa shape index (κ1) is 18.6. The van der Waals surface area contributed by atoms with E-state index in [1.807, 2.05) is 6.07 Å². The summed E-state index contributed by atoms with van der Waals surface area (Å²) in [6.45, 7) is 10.6.